The number of likely N-dealkylation sites (N-methyl/N-ethyl adjacent to an activating group) is 1. The smallest absolute Gasteiger partial charge is 0.407 e. The first-order valence-corrected chi connectivity index (χ1v) is 12.9. The van der Waals surface area contributed by atoms with E-state index in [4.69, 9.17) is 32.9 Å². The average Bonchev–Trinajstić information content (AvgIpc) is 3.37. The third-order valence-corrected chi connectivity index (χ3v) is 6.56. The van der Waals surface area contributed by atoms with E-state index in [9.17, 15) is 4.79 Å². The van der Waals surface area contributed by atoms with Crippen molar-refractivity contribution in [3.8, 4) is 0 Å². The zero-order chi connectivity index (χ0) is 26.0. The van der Waals surface area contributed by atoms with Crippen LogP contribution in [-0.4, -0.2) is 59.8 Å². The zero-order valence-electron chi connectivity index (χ0n) is 21.4. The normalized spacial score (nSPS) is 16.1. The maximum absolute atomic E-state index is 12.0. The number of hydrogen-bond acceptors (Lipinski definition) is 6. The molecule has 10 heteroatoms. The number of H-pyrrole nitrogens is 1. The lowest BCUT2D eigenvalue weighted by Gasteiger charge is -2.29. The number of hydrogen-bond donors (Lipinski definition) is 3. The lowest BCUT2D eigenvalue weighted by molar-refractivity contribution is 0.0523. The minimum absolute atomic E-state index is 0.309. The van der Waals surface area contributed by atoms with Crippen LogP contribution >= 0.6 is 23.2 Å². The van der Waals surface area contributed by atoms with Gasteiger partial charge in [0.05, 0.1) is 32.5 Å². The van der Waals surface area contributed by atoms with Crippen LogP contribution in [0, 0.1) is 0 Å². The van der Waals surface area contributed by atoms with Gasteiger partial charge in [-0.05, 0) is 77.5 Å². The standard InChI is InChI=1S/C26H34Cl2N6O2/c1-26(2,3)36-25(35)29-14-16-8-9-18(27)20(11-16)30-24-31-21-12-19(28)23(13-22(21)32-24)34-10-6-7-17(34)15-33(4)5/h8-9,11-13,17H,6-7,10,14-15H2,1-5H3,(H,29,35)(H2,30,31,32)/t17-/m0/s1. The van der Waals surface area contributed by atoms with Gasteiger partial charge in [0.2, 0.25) is 5.95 Å². The summed E-state index contributed by atoms with van der Waals surface area (Å²) >= 11 is 13.2. The molecule has 0 saturated carbocycles. The van der Waals surface area contributed by atoms with Crippen molar-refractivity contribution in [3.05, 3.63) is 45.9 Å². The predicted molar refractivity (Wildman–Crippen MR) is 148 cm³/mol. The SMILES string of the molecule is CN(C)C[C@@H]1CCCN1c1cc2nc(Nc3cc(CNC(=O)OC(C)(C)C)ccc3Cl)[nH]c2cc1Cl. The third-order valence-electron chi connectivity index (χ3n) is 5.93. The molecule has 0 radical (unpaired) electrons. The molecule has 1 fully saturated rings. The Balaban J connectivity index is 1.50. The number of halogens is 2. The number of nitrogens with one attached hydrogen (secondary N) is 3. The van der Waals surface area contributed by atoms with Crippen molar-refractivity contribution in [2.75, 3.05) is 37.4 Å². The predicted octanol–water partition coefficient (Wildman–Crippen LogP) is 6.17. The van der Waals surface area contributed by atoms with Crippen molar-refractivity contribution in [3.63, 3.8) is 0 Å². The van der Waals surface area contributed by atoms with Gasteiger partial charge in [-0.15, -0.1) is 0 Å². The second-order valence-corrected chi connectivity index (χ2v) is 11.3. The Kier molecular flexibility index (Phi) is 7.87. The molecule has 2 aromatic carbocycles. The molecule has 0 unspecified atom stereocenters. The molecule has 194 valence electrons. The van der Waals surface area contributed by atoms with Gasteiger partial charge in [0, 0.05) is 25.7 Å². The number of aromatic amines is 1. The molecule has 2 heterocycles. The number of carbonyl (C=O) groups excluding carboxylic acids is 1. The van der Waals surface area contributed by atoms with Crippen LogP contribution in [0.25, 0.3) is 11.0 Å². The molecular weight excluding hydrogens is 499 g/mol. The molecule has 3 aromatic rings. The van der Waals surface area contributed by atoms with Gasteiger partial charge >= 0.3 is 6.09 Å². The van der Waals surface area contributed by atoms with Crippen molar-refractivity contribution in [1.29, 1.82) is 0 Å². The summed E-state index contributed by atoms with van der Waals surface area (Å²) in [6, 6.07) is 9.93. The maximum Gasteiger partial charge on any atom is 0.407 e. The fourth-order valence-corrected chi connectivity index (χ4v) is 4.89. The largest absolute Gasteiger partial charge is 0.444 e. The van der Waals surface area contributed by atoms with Gasteiger partial charge in [-0.3, -0.25) is 0 Å². The summed E-state index contributed by atoms with van der Waals surface area (Å²) in [6.07, 6.45) is 1.83. The molecule has 1 amide bonds. The Morgan fingerprint density at radius 3 is 2.72 bits per heavy atom. The topological polar surface area (TPSA) is 85.5 Å². The second-order valence-electron chi connectivity index (χ2n) is 10.5. The highest BCUT2D eigenvalue weighted by atomic mass is 35.5. The van der Waals surface area contributed by atoms with Crippen LogP contribution in [-0.2, 0) is 11.3 Å². The van der Waals surface area contributed by atoms with Crippen LogP contribution in [0.1, 0.15) is 39.2 Å². The number of benzene rings is 2. The monoisotopic (exact) mass is 532 g/mol. The highest BCUT2D eigenvalue weighted by molar-refractivity contribution is 6.34. The number of alkyl carbamates (subject to hydrolysis) is 1. The maximum atomic E-state index is 12.0. The summed E-state index contributed by atoms with van der Waals surface area (Å²) in [5.41, 5.74) is 3.67. The van der Waals surface area contributed by atoms with Gasteiger partial charge in [0.15, 0.2) is 0 Å². The third kappa shape index (κ3) is 6.55. The van der Waals surface area contributed by atoms with Gasteiger partial charge < -0.3 is 30.2 Å². The number of carbonyl (C=O) groups is 1. The lowest BCUT2D eigenvalue weighted by atomic mass is 10.2. The van der Waals surface area contributed by atoms with E-state index in [2.05, 4.69) is 45.6 Å². The molecule has 8 nitrogen and oxygen atoms in total. The first-order valence-electron chi connectivity index (χ1n) is 12.1. The van der Waals surface area contributed by atoms with E-state index in [1.807, 2.05) is 39.0 Å². The lowest BCUT2D eigenvalue weighted by Crippen LogP contribution is -2.37. The number of amides is 1. The number of fused-ring (bicyclic) bond motifs is 1. The fourth-order valence-electron chi connectivity index (χ4n) is 4.46. The molecule has 1 saturated heterocycles. The zero-order valence-corrected chi connectivity index (χ0v) is 22.9. The highest BCUT2D eigenvalue weighted by Gasteiger charge is 2.27. The number of anilines is 3. The molecule has 3 N–H and O–H groups in total. The molecule has 0 spiro atoms. The molecule has 0 bridgehead atoms. The van der Waals surface area contributed by atoms with Gasteiger partial charge in [-0.25, -0.2) is 9.78 Å². The number of aromatic nitrogens is 2. The fraction of sp³-hybridized carbons (Fsp3) is 0.462. The van der Waals surface area contributed by atoms with Gasteiger partial charge in [0.25, 0.3) is 0 Å². The van der Waals surface area contributed by atoms with E-state index >= 15 is 0 Å². The van der Waals surface area contributed by atoms with Crippen molar-refractivity contribution < 1.29 is 9.53 Å². The van der Waals surface area contributed by atoms with E-state index in [0.717, 1.165) is 48.2 Å². The number of ether oxygens (including phenoxy) is 1. The van der Waals surface area contributed by atoms with Crippen molar-refractivity contribution in [2.24, 2.45) is 0 Å². The summed E-state index contributed by atoms with van der Waals surface area (Å²) in [5.74, 6) is 0.559. The van der Waals surface area contributed by atoms with Crippen LogP contribution in [0.5, 0.6) is 0 Å². The summed E-state index contributed by atoms with van der Waals surface area (Å²) in [6.45, 7) is 7.76. The molecular formula is C26H34Cl2N6O2. The van der Waals surface area contributed by atoms with Crippen molar-refractivity contribution in [2.45, 2.75) is 51.8 Å². The van der Waals surface area contributed by atoms with Crippen LogP contribution < -0.4 is 15.5 Å². The van der Waals surface area contributed by atoms with E-state index in [1.165, 1.54) is 0 Å². The minimum Gasteiger partial charge on any atom is -0.444 e. The van der Waals surface area contributed by atoms with E-state index in [-0.39, 0.29) is 0 Å². The summed E-state index contributed by atoms with van der Waals surface area (Å²) in [7, 11) is 4.20. The summed E-state index contributed by atoms with van der Waals surface area (Å²) < 4.78 is 5.30. The molecule has 1 atom stereocenters. The molecule has 0 aliphatic carbocycles. The van der Waals surface area contributed by atoms with E-state index in [1.54, 1.807) is 6.07 Å². The number of rotatable bonds is 7. The Morgan fingerprint density at radius 2 is 2.00 bits per heavy atom. The summed E-state index contributed by atoms with van der Waals surface area (Å²) in [4.78, 5) is 24.6. The average molecular weight is 534 g/mol. The highest BCUT2D eigenvalue weighted by Crippen LogP contribution is 2.36. The first-order chi connectivity index (χ1) is 17.0. The van der Waals surface area contributed by atoms with Gasteiger partial charge in [0.1, 0.15) is 5.60 Å². The number of nitrogens with zero attached hydrogens (tertiary/aromatic N) is 3. The van der Waals surface area contributed by atoms with Gasteiger partial charge in [-0.2, -0.15) is 0 Å². The molecule has 1 aliphatic rings. The van der Waals surface area contributed by atoms with Crippen LogP contribution in [0.4, 0.5) is 22.1 Å². The quantitative estimate of drug-likeness (QED) is 0.337. The minimum atomic E-state index is -0.553. The Labute approximate surface area is 222 Å². The Bertz CT molecular complexity index is 1240. The van der Waals surface area contributed by atoms with E-state index in [0.29, 0.717) is 34.3 Å². The second kappa shape index (κ2) is 10.7. The van der Waals surface area contributed by atoms with Crippen molar-refractivity contribution in [1.82, 2.24) is 20.2 Å². The number of imidazole rings is 1. The molecule has 1 aromatic heterocycles. The van der Waals surface area contributed by atoms with Gasteiger partial charge in [-0.1, -0.05) is 29.3 Å². The van der Waals surface area contributed by atoms with Crippen LogP contribution in [0.2, 0.25) is 10.0 Å². The van der Waals surface area contributed by atoms with E-state index < -0.39 is 11.7 Å². The Morgan fingerprint density at radius 1 is 1.22 bits per heavy atom. The van der Waals surface area contributed by atoms with Crippen molar-refractivity contribution >= 4 is 57.7 Å². The molecule has 36 heavy (non-hydrogen) atoms. The molecule has 4 rings (SSSR count). The van der Waals surface area contributed by atoms with Crippen LogP contribution in [0.15, 0.2) is 30.3 Å². The summed E-state index contributed by atoms with van der Waals surface area (Å²) in [5, 5.41) is 7.28. The Hall–Kier alpha value is -2.68. The first kappa shape index (κ1) is 26.4. The van der Waals surface area contributed by atoms with Crippen LogP contribution in [0.3, 0.4) is 0 Å². The molecule has 1 aliphatic heterocycles.